The van der Waals surface area contributed by atoms with E-state index in [0.29, 0.717) is 11.9 Å². The average Bonchev–Trinajstić information content (AvgIpc) is 3.02. The summed E-state index contributed by atoms with van der Waals surface area (Å²) in [5.74, 6) is 1.37. The Balaban J connectivity index is 1.85. The first-order valence-corrected chi connectivity index (χ1v) is 8.44. The predicted molar refractivity (Wildman–Crippen MR) is 98.2 cm³/mol. The van der Waals surface area contributed by atoms with E-state index in [1.165, 1.54) is 0 Å². The fourth-order valence-electron chi connectivity index (χ4n) is 2.90. The highest BCUT2D eigenvalue weighted by atomic mass is 16.5. The standard InChI is InChI=1S/C21H20N3O/c1-16(2)23-15-24(17-9-5-3-6-10-17)21-19(23)13-14-20(22-21)25-18-11-7-4-8-12-18/h3-16H,1-2H3/q+1. The molecular weight excluding hydrogens is 310 g/mol. The van der Waals surface area contributed by atoms with Crippen LogP contribution in [0.4, 0.5) is 0 Å². The number of ether oxygens (including phenoxy) is 1. The number of benzene rings is 2. The van der Waals surface area contributed by atoms with Crippen molar-refractivity contribution in [2.45, 2.75) is 19.9 Å². The Morgan fingerprint density at radius 3 is 2.24 bits per heavy atom. The van der Waals surface area contributed by atoms with Crippen LogP contribution in [0.3, 0.4) is 0 Å². The van der Waals surface area contributed by atoms with Crippen LogP contribution in [-0.2, 0) is 0 Å². The van der Waals surface area contributed by atoms with Crippen LogP contribution in [0.5, 0.6) is 11.6 Å². The van der Waals surface area contributed by atoms with E-state index in [2.05, 4.69) is 47.5 Å². The zero-order chi connectivity index (χ0) is 17.2. The molecular formula is C21H20N3O+. The SMILES string of the molecule is CC(C)[n+]1cn(-c2ccccc2)c2nc(Oc3ccccc3)ccc21. The smallest absolute Gasteiger partial charge is 0.277 e. The highest BCUT2D eigenvalue weighted by Gasteiger charge is 2.21. The number of aromatic nitrogens is 3. The van der Waals surface area contributed by atoms with Crippen molar-refractivity contribution < 1.29 is 9.30 Å². The van der Waals surface area contributed by atoms with Gasteiger partial charge in [0.25, 0.3) is 12.0 Å². The van der Waals surface area contributed by atoms with Gasteiger partial charge in [-0.25, -0.2) is 4.57 Å². The Labute approximate surface area is 147 Å². The van der Waals surface area contributed by atoms with Crippen molar-refractivity contribution in [1.29, 1.82) is 0 Å². The molecule has 124 valence electrons. The van der Waals surface area contributed by atoms with Crippen molar-refractivity contribution in [3.8, 4) is 17.3 Å². The minimum absolute atomic E-state index is 0.343. The van der Waals surface area contributed by atoms with Gasteiger partial charge < -0.3 is 4.74 Å². The van der Waals surface area contributed by atoms with Crippen molar-refractivity contribution >= 4 is 11.2 Å². The molecule has 0 saturated heterocycles. The molecule has 0 radical (unpaired) electrons. The van der Waals surface area contributed by atoms with Crippen LogP contribution in [0.25, 0.3) is 16.9 Å². The summed E-state index contributed by atoms with van der Waals surface area (Å²) in [4.78, 5) is 4.77. The molecule has 0 saturated carbocycles. The van der Waals surface area contributed by atoms with E-state index < -0.39 is 0 Å². The second-order valence-electron chi connectivity index (χ2n) is 6.23. The lowest BCUT2D eigenvalue weighted by molar-refractivity contribution is -0.691. The zero-order valence-electron chi connectivity index (χ0n) is 14.3. The van der Waals surface area contributed by atoms with E-state index in [1.807, 2.05) is 54.6 Å². The van der Waals surface area contributed by atoms with Crippen LogP contribution in [0.15, 0.2) is 79.1 Å². The molecule has 0 bridgehead atoms. The fourth-order valence-corrected chi connectivity index (χ4v) is 2.90. The van der Waals surface area contributed by atoms with E-state index in [-0.39, 0.29) is 0 Å². The fraction of sp³-hybridized carbons (Fsp3) is 0.143. The van der Waals surface area contributed by atoms with Gasteiger partial charge in [-0.05, 0) is 44.2 Å². The van der Waals surface area contributed by atoms with Gasteiger partial charge in [-0.3, -0.25) is 0 Å². The summed E-state index contributed by atoms with van der Waals surface area (Å²) in [6, 6.07) is 24.3. The van der Waals surface area contributed by atoms with Gasteiger partial charge in [0.05, 0.1) is 6.04 Å². The molecule has 2 aromatic heterocycles. The molecule has 25 heavy (non-hydrogen) atoms. The van der Waals surface area contributed by atoms with Gasteiger partial charge in [-0.15, -0.1) is 0 Å². The molecule has 0 fully saturated rings. The molecule has 0 aliphatic rings. The third-order valence-corrected chi connectivity index (χ3v) is 4.13. The normalized spacial score (nSPS) is 11.2. The van der Waals surface area contributed by atoms with Crippen molar-refractivity contribution in [3.05, 3.63) is 79.1 Å². The van der Waals surface area contributed by atoms with Gasteiger partial charge in [-0.1, -0.05) is 36.4 Å². The largest absolute Gasteiger partial charge is 0.439 e. The maximum Gasteiger partial charge on any atom is 0.277 e. The van der Waals surface area contributed by atoms with Crippen LogP contribution in [0, 0.1) is 0 Å². The van der Waals surface area contributed by atoms with Gasteiger partial charge in [0.1, 0.15) is 11.4 Å². The maximum absolute atomic E-state index is 5.91. The van der Waals surface area contributed by atoms with Gasteiger partial charge in [0, 0.05) is 6.07 Å². The molecule has 4 rings (SSSR count). The lowest BCUT2D eigenvalue weighted by Crippen LogP contribution is -2.34. The molecule has 0 aliphatic carbocycles. The van der Waals surface area contributed by atoms with E-state index >= 15 is 0 Å². The number of nitrogens with zero attached hydrogens (tertiary/aromatic N) is 3. The molecule has 4 nitrogen and oxygen atoms in total. The maximum atomic E-state index is 5.91. The summed E-state index contributed by atoms with van der Waals surface area (Å²) in [7, 11) is 0. The van der Waals surface area contributed by atoms with Gasteiger partial charge in [0.15, 0.2) is 5.52 Å². The molecule has 4 aromatic rings. The van der Waals surface area contributed by atoms with Crippen LogP contribution in [-0.4, -0.2) is 9.55 Å². The van der Waals surface area contributed by atoms with Crippen molar-refractivity contribution in [2.75, 3.05) is 0 Å². The first-order valence-electron chi connectivity index (χ1n) is 8.44. The van der Waals surface area contributed by atoms with Crippen LogP contribution in [0.1, 0.15) is 19.9 Å². The Hall–Kier alpha value is -3.14. The summed E-state index contributed by atoms with van der Waals surface area (Å²) in [5, 5.41) is 0. The predicted octanol–water partition coefficient (Wildman–Crippen LogP) is 4.69. The summed E-state index contributed by atoms with van der Waals surface area (Å²) in [6.07, 6.45) is 2.10. The first-order chi connectivity index (χ1) is 12.2. The van der Waals surface area contributed by atoms with Crippen molar-refractivity contribution in [3.63, 3.8) is 0 Å². The topological polar surface area (TPSA) is 30.9 Å². The van der Waals surface area contributed by atoms with E-state index in [4.69, 9.17) is 9.72 Å². The Morgan fingerprint density at radius 1 is 0.880 bits per heavy atom. The summed E-state index contributed by atoms with van der Waals surface area (Å²) in [5.41, 5.74) is 3.05. The zero-order valence-corrected chi connectivity index (χ0v) is 14.3. The number of rotatable bonds is 4. The number of pyridine rings is 1. The number of fused-ring (bicyclic) bond motifs is 1. The van der Waals surface area contributed by atoms with Crippen LogP contribution in [0.2, 0.25) is 0 Å². The number of para-hydroxylation sites is 2. The van der Waals surface area contributed by atoms with Gasteiger partial charge >= 0.3 is 0 Å². The second kappa shape index (κ2) is 6.40. The molecule has 0 spiro atoms. The lowest BCUT2D eigenvalue weighted by atomic mass is 10.3. The Morgan fingerprint density at radius 2 is 1.56 bits per heavy atom. The number of hydrogen-bond donors (Lipinski definition) is 0. The highest BCUT2D eigenvalue weighted by molar-refractivity contribution is 5.70. The molecule has 2 heterocycles. The van der Waals surface area contributed by atoms with E-state index in [9.17, 15) is 0 Å². The highest BCUT2D eigenvalue weighted by Crippen LogP contribution is 2.23. The third kappa shape index (κ3) is 2.98. The van der Waals surface area contributed by atoms with Crippen molar-refractivity contribution in [1.82, 2.24) is 9.55 Å². The summed E-state index contributed by atoms with van der Waals surface area (Å²) >= 11 is 0. The molecule has 2 aromatic carbocycles. The molecule has 0 N–H and O–H groups in total. The van der Waals surface area contributed by atoms with E-state index in [0.717, 1.165) is 22.6 Å². The van der Waals surface area contributed by atoms with E-state index in [1.54, 1.807) is 0 Å². The second-order valence-corrected chi connectivity index (χ2v) is 6.23. The summed E-state index contributed by atoms with van der Waals surface area (Å²) in [6.45, 7) is 4.34. The average molecular weight is 330 g/mol. The van der Waals surface area contributed by atoms with Gasteiger partial charge in [-0.2, -0.15) is 9.55 Å². The van der Waals surface area contributed by atoms with Crippen LogP contribution >= 0.6 is 0 Å². The minimum Gasteiger partial charge on any atom is -0.439 e. The van der Waals surface area contributed by atoms with Gasteiger partial charge in [0.2, 0.25) is 5.88 Å². The lowest BCUT2D eigenvalue weighted by Gasteiger charge is -2.04. The third-order valence-electron chi connectivity index (χ3n) is 4.13. The molecule has 0 unspecified atom stereocenters. The summed E-state index contributed by atoms with van der Waals surface area (Å²) < 4.78 is 10.2. The van der Waals surface area contributed by atoms with Crippen LogP contribution < -0.4 is 9.30 Å². The first kappa shape index (κ1) is 15.4. The minimum atomic E-state index is 0.343. The number of hydrogen-bond acceptors (Lipinski definition) is 2. The molecule has 0 aliphatic heterocycles. The molecule has 4 heteroatoms. The number of imidazole rings is 1. The van der Waals surface area contributed by atoms with Crippen molar-refractivity contribution in [2.24, 2.45) is 0 Å². The Bertz CT molecular complexity index is 992. The molecule has 0 amide bonds. The Kier molecular flexibility index (Phi) is 3.94. The quantitative estimate of drug-likeness (QED) is 0.508. The molecule has 0 atom stereocenters. The monoisotopic (exact) mass is 330 g/mol.